The number of halogens is 1. The molecular formula is C18H19ClN4O3. The average molecular weight is 375 g/mol. The lowest BCUT2D eigenvalue weighted by molar-refractivity contribution is -0.384. The number of amides is 1. The van der Waals surface area contributed by atoms with Gasteiger partial charge in [0, 0.05) is 47.1 Å². The fourth-order valence-corrected chi connectivity index (χ4v) is 2.66. The first-order chi connectivity index (χ1) is 12.5. The Kier molecular flexibility index (Phi) is 6.68. The number of nitro groups is 1. The van der Waals surface area contributed by atoms with Crippen molar-refractivity contribution in [3.05, 3.63) is 68.7 Å². The van der Waals surface area contributed by atoms with Gasteiger partial charge in [-0.1, -0.05) is 17.7 Å². The van der Waals surface area contributed by atoms with E-state index in [1.54, 1.807) is 24.3 Å². The first-order valence-corrected chi connectivity index (χ1v) is 8.46. The summed E-state index contributed by atoms with van der Waals surface area (Å²) in [6.45, 7) is 5.47. The summed E-state index contributed by atoms with van der Waals surface area (Å²) >= 11 is 5.87. The molecule has 0 heterocycles. The van der Waals surface area contributed by atoms with Crippen molar-refractivity contribution >= 4 is 35.1 Å². The first kappa shape index (κ1) is 19.4. The van der Waals surface area contributed by atoms with Gasteiger partial charge in [-0.05, 0) is 38.1 Å². The van der Waals surface area contributed by atoms with Crippen molar-refractivity contribution in [2.75, 3.05) is 18.0 Å². The number of carbonyl (C=O) groups excluding carboxylic acids is 1. The van der Waals surface area contributed by atoms with E-state index in [1.165, 1.54) is 24.4 Å². The number of carbonyl (C=O) groups is 1. The maximum atomic E-state index is 12.1. The standard InChI is InChI=1S/C18H19ClN4O3/c1-3-22(4-2)17-9-8-16(23(25)26)11-14(17)12-20-21-18(24)13-6-5-7-15(19)10-13/h5-12H,3-4H2,1-2H3,(H,21,24). The van der Waals surface area contributed by atoms with Gasteiger partial charge in [0.15, 0.2) is 0 Å². The van der Waals surface area contributed by atoms with Crippen LogP contribution in [0.15, 0.2) is 47.6 Å². The van der Waals surface area contributed by atoms with Gasteiger partial charge in [-0.2, -0.15) is 5.10 Å². The molecule has 136 valence electrons. The Morgan fingerprint density at radius 3 is 2.62 bits per heavy atom. The van der Waals surface area contributed by atoms with Crippen molar-refractivity contribution in [1.29, 1.82) is 0 Å². The lowest BCUT2D eigenvalue weighted by Crippen LogP contribution is -2.23. The second kappa shape index (κ2) is 8.96. The Morgan fingerprint density at radius 1 is 1.27 bits per heavy atom. The number of rotatable bonds is 7. The summed E-state index contributed by atoms with van der Waals surface area (Å²) in [6, 6.07) is 11.1. The summed E-state index contributed by atoms with van der Waals surface area (Å²) < 4.78 is 0. The predicted octanol–water partition coefficient (Wildman–Crippen LogP) is 3.86. The molecule has 7 nitrogen and oxygen atoms in total. The van der Waals surface area contributed by atoms with Gasteiger partial charge < -0.3 is 4.90 Å². The van der Waals surface area contributed by atoms with E-state index in [0.717, 1.165) is 18.8 Å². The maximum absolute atomic E-state index is 12.1. The number of nitrogens with one attached hydrogen (secondary N) is 1. The number of nitrogens with zero attached hydrogens (tertiary/aromatic N) is 3. The molecule has 1 N–H and O–H groups in total. The Hall–Kier alpha value is -2.93. The summed E-state index contributed by atoms with van der Waals surface area (Å²) in [7, 11) is 0. The number of non-ortho nitro benzene ring substituents is 1. The van der Waals surface area contributed by atoms with Crippen molar-refractivity contribution in [2.24, 2.45) is 5.10 Å². The molecule has 2 aromatic rings. The van der Waals surface area contributed by atoms with Crippen molar-refractivity contribution in [1.82, 2.24) is 5.43 Å². The van der Waals surface area contributed by atoms with E-state index in [4.69, 9.17) is 11.6 Å². The number of hydrogen-bond acceptors (Lipinski definition) is 5. The second-order valence-corrected chi connectivity index (χ2v) is 5.82. The summed E-state index contributed by atoms with van der Waals surface area (Å²) in [5, 5.41) is 15.4. The van der Waals surface area contributed by atoms with Crippen molar-refractivity contribution < 1.29 is 9.72 Å². The van der Waals surface area contributed by atoms with E-state index in [1.807, 2.05) is 18.7 Å². The lowest BCUT2D eigenvalue weighted by Gasteiger charge is -2.22. The number of anilines is 1. The van der Waals surface area contributed by atoms with Crippen LogP contribution in [-0.4, -0.2) is 30.1 Å². The van der Waals surface area contributed by atoms with E-state index in [9.17, 15) is 14.9 Å². The fourth-order valence-electron chi connectivity index (χ4n) is 2.47. The molecule has 0 saturated carbocycles. The van der Waals surface area contributed by atoms with Gasteiger partial charge in [0.1, 0.15) is 0 Å². The minimum absolute atomic E-state index is 0.0384. The molecule has 0 aromatic heterocycles. The number of nitro benzene ring substituents is 1. The van der Waals surface area contributed by atoms with E-state index in [-0.39, 0.29) is 5.69 Å². The van der Waals surface area contributed by atoms with Crippen LogP contribution in [0.3, 0.4) is 0 Å². The van der Waals surface area contributed by atoms with Gasteiger partial charge in [-0.15, -0.1) is 0 Å². The minimum atomic E-state index is -0.464. The van der Waals surface area contributed by atoms with Crippen LogP contribution in [0.5, 0.6) is 0 Å². The molecule has 0 spiro atoms. The zero-order chi connectivity index (χ0) is 19.1. The topological polar surface area (TPSA) is 87.8 Å². The van der Waals surface area contributed by atoms with Crippen molar-refractivity contribution in [2.45, 2.75) is 13.8 Å². The summed E-state index contributed by atoms with van der Waals surface area (Å²) in [4.78, 5) is 24.7. The van der Waals surface area contributed by atoms with E-state index >= 15 is 0 Å². The highest BCUT2D eigenvalue weighted by atomic mass is 35.5. The number of hydrogen-bond donors (Lipinski definition) is 1. The first-order valence-electron chi connectivity index (χ1n) is 8.08. The van der Waals surface area contributed by atoms with E-state index < -0.39 is 10.8 Å². The van der Waals surface area contributed by atoms with Gasteiger partial charge in [-0.3, -0.25) is 14.9 Å². The molecule has 0 aliphatic heterocycles. The number of hydrazone groups is 1. The van der Waals surface area contributed by atoms with Crippen LogP contribution in [-0.2, 0) is 0 Å². The summed E-state index contributed by atoms with van der Waals surface area (Å²) in [5.41, 5.74) is 4.10. The van der Waals surface area contributed by atoms with E-state index in [2.05, 4.69) is 10.5 Å². The third-order valence-electron chi connectivity index (χ3n) is 3.78. The quantitative estimate of drug-likeness (QED) is 0.453. The minimum Gasteiger partial charge on any atom is -0.372 e. The Bertz CT molecular complexity index is 835. The molecule has 2 aromatic carbocycles. The zero-order valence-corrected chi connectivity index (χ0v) is 15.2. The molecule has 8 heteroatoms. The Morgan fingerprint density at radius 2 is 2.00 bits per heavy atom. The molecule has 0 bridgehead atoms. The summed E-state index contributed by atoms with van der Waals surface area (Å²) in [6.07, 6.45) is 1.41. The van der Waals surface area contributed by atoms with Gasteiger partial charge >= 0.3 is 0 Å². The normalized spacial score (nSPS) is 10.7. The van der Waals surface area contributed by atoms with Crippen LogP contribution in [0, 0.1) is 10.1 Å². The highest BCUT2D eigenvalue weighted by Crippen LogP contribution is 2.24. The van der Waals surface area contributed by atoms with Gasteiger partial charge in [0.25, 0.3) is 11.6 Å². The van der Waals surface area contributed by atoms with Gasteiger partial charge in [0.05, 0.1) is 11.1 Å². The van der Waals surface area contributed by atoms with Crippen LogP contribution in [0.1, 0.15) is 29.8 Å². The Balaban J connectivity index is 2.25. The largest absolute Gasteiger partial charge is 0.372 e. The predicted molar refractivity (Wildman–Crippen MR) is 103 cm³/mol. The molecule has 0 saturated heterocycles. The average Bonchev–Trinajstić information content (AvgIpc) is 2.63. The molecule has 26 heavy (non-hydrogen) atoms. The van der Waals surface area contributed by atoms with Crippen LogP contribution in [0.2, 0.25) is 5.02 Å². The molecule has 0 radical (unpaired) electrons. The molecule has 2 rings (SSSR count). The summed E-state index contributed by atoms with van der Waals surface area (Å²) in [5.74, 6) is -0.418. The molecule has 1 amide bonds. The third-order valence-corrected chi connectivity index (χ3v) is 4.02. The molecule has 0 fully saturated rings. The van der Waals surface area contributed by atoms with Crippen LogP contribution in [0.25, 0.3) is 0 Å². The van der Waals surface area contributed by atoms with Crippen molar-refractivity contribution in [3.63, 3.8) is 0 Å². The van der Waals surface area contributed by atoms with Gasteiger partial charge in [0.2, 0.25) is 0 Å². The van der Waals surface area contributed by atoms with Crippen LogP contribution >= 0.6 is 11.6 Å². The van der Waals surface area contributed by atoms with Crippen molar-refractivity contribution in [3.8, 4) is 0 Å². The highest BCUT2D eigenvalue weighted by Gasteiger charge is 2.13. The Labute approximate surface area is 156 Å². The number of benzene rings is 2. The molecule has 0 unspecified atom stereocenters. The SMILES string of the molecule is CCN(CC)c1ccc([N+](=O)[O-])cc1C=NNC(=O)c1cccc(Cl)c1. The second-order valence-electron chi connectivity index (χ2n) is 5.38. The molecule has 0 atom stereocenters. The zero-order valence-electron chi connectivity index (χ0n) is 14.5. The monoisotopic (exact) mass is 374 g/mol. The lowest BCUT2D eigenvalue weighted by atomic mass is 10.1. The van der Waals surface area contributed by atoms with Crippen LogP contribution in [0.4, 0.5) is 11.4 Å². The molecule has 0 aliphatic carbocycles. The molecular weight excluding hydrogens is 356 g/mol. The highest BCUT2D eigenvalue weighted by molar-refractivity contribution is 6.30. The van der Waals surface area contributed by atoms with E-state index in [0.29, 0.717) is 16.1 Å². The van der Waals surface area contributed by atoms with Crippen LogP contribution < -0.4 is 10.3 Å². The fraction of sp³-hybridized carbons (Fsp3) is 0.222. The van der Waals surface area contributed by atoms with Gasteiger partial charge in [-0.25, -0.2) is 5.43 Å². The third kappa shape index (κ3) is 4.80. The smallest absolute Gasteiger partial charge is 0.271 e. The maximum Gasteiger partial charge on any atom is 0.271 e. The molecule has 0 aliphatic rings.